The van der Waals surface area contributed by atoms with Gasteiger partial charge in [-0.3, -0.25) is 0 Å². The third kappa shape index (κ3) is 2.27. The Labute approximate surface area is 139 Å². The number of fused-ring (bicyclic) bond motifs is 1. The van der Waals surface area contributed by atoms with Crippen LogP contribution < -0.4 is 4.57 Å². The fraction of sp³-hybridized carbons (Fsp3) is 0.476. The van der Waals surface area contributed by atoms with Crippen molar-refractivity contribution >= 4 is 0 Å². The smallest absolute Gasteiger partial charge is 0.201 e. The van der Waals surface area contributed by atoms with Crippen LogP contribution in [0.25, 0.3) is 11.3 Å². The van der Waals surface area contributed by atoms with Crippen molar-refractivity contribution in [2.24, 2.45) is 7.05 Å². The Morgan fingerprint density at radius 1 is 1.05 bits per heavy atom. The standard InChI is InChI=1S/C21H28N/c1-14-8-9-19(22(7)12-14)16-11-18-17(10-15(16)2)20(3,4)13-21(18,5)6/h8-12H,13H2,1-7H3/q+1/i1D3. The fourth-order valence-corrected chi connectivity index (χ4v) is 4.29. The first-order valence-corrected chi connectivity index (χ1v) is 7.99. The molecule has 0 spiro atoms. The van der Waals surface area contributed by atoms with Gasteiger partial charge >= 0.3 is 0 Å². The molecular formula is C21H28N+. The van der Waals surface area contributed by atoms with Gasteiger partial charge in [0.15, 0.2) is 6.20 Å². The van der Waals surface area contributed by atoms with Crippen LogP contribution >= 0.6 is 0 Å². The number of aromatic nitrogens is 1. The molecular weight excluding hydrogens is 266 g/mol. The summed E-state index contributed by atoms with van der Waals surface area (Å²) < 4.78 is 24.7. The zero-order chi connectivity index (χ0) is 18.8. The minimum absolute atomic E-state index is 0.151. The highest BCUT2D eigenvalue weighted by Gasteiger charge is 2.42. The second kappa shape index (κ2) is 4.68. The monoisotopic (exact) mass is 297 g/mol. The largest absolute Gasteiger partial charge is 0.212 e. The van der Waals surface area contributed by atoms with E-state index in [4.69, 9.17) is 4.11 Å². The van der Waals surface area contributed by atoms with Gasteiger partial charge in [0.1, 0.15) is 7.05 Å². The summed E-state index contributed by atoms with van der Waals surface area (Å²) in [6, 6.07) is 8.31. The van der Waals surface area contributed by atoms with E-state index in [1.807, 2.05) is 17.7 Å². The predicted molar refractivity (Wildman–Crippen MR) is 93.2 cm³/mol. The van der Waals surface area contributed by atoms with Gasteiger partial charge in [-0.05, 0) is 59.8 Å². The van der Waals surface area contributed by atoms with Crippen LogP contribution in [0.5, 0.6) is 0 Å². The van der Waals surface area contributed by atoms with Gasteiger partial charge in [0.25, 0.3) is 0 Å². The van der Waals surface area contributed by atoms with Gasteiger partial charge in [-0.25, -0.2) is 4.57 Å². The molecule has 1 aliphatic rings. The van der Waals surface area contributed by atoms with Crippen LogP contribution in [0.4, 0.5) is 0 Å². The van der Waals surface area contributed by atoms with Crippen LogP contribution in [0.2, 0.25) is 0 Å². The Balaban J connectivity index is 2.18. The summed E-state index contributed by atoms with van der Waals surface area (Å²) in [5, 5.41) is 0. The van der Waals surface area contributed by atoms with E-state index in [0.29, 0.717) is 5.56 Å². The first-order chi connectivity index (χ1) is 11.3. The number of pyridine rings is 1. The van der Waals surface area contributed by atoms with Gasteiger partial charge in [-0.2, -0.15) is 0 Å². The van der Waals surface area contributed by atoms with Gasteiger partial charge < -0.3 is 0 Å². The highest BCUT2D eigenvalue weighted by Crippen LogP contribution is 2.50. The molecule has 0 bridgehead atoms. The van der Waals surface area contributed by atoms with Gasteiger partial charge in [0, 0.05) is 21.3 Å². The second-order valence-corrected chi connectivity index (χ2v) is 8.07. The van der Waals surface area contributed by atoms with Gasteiger partial charge in [0.2, 0.25) is 5.69 Å². The lowest BCUT2D eigenvalue weighted by Gasteiger charge is -2.22. The summed E-state index contributed by atoms with van der Waals surface area (Å²) in [5.74, 6) is 0. The number of rotatable bonds is 1. The molecule has 0 fully saturated rings. The lowest BCUT2D eigenvalue weighted by Crippen LogP contribution is -2.31. The zero-order valence-corrected chi connectivity index (χ0v) is 14.5. The minimum atomic E-state index is -2.07. The van der Waals surface area contributed by atoms with Crippen molar-refractivity contribution in [2.75, 3.05) is 0 Å². The SMILES string of the molecule is [2H]C([2H])([2H])c1ccc(-c2cc3c(cc2C)C(C)(C)CC3(C)C)[n+](C)c1. The van der Waals surface area contributed by atoms with Crippen molar-refractivity contribution in [1.82, 2.24) is 0 Å². The first kappa shape index (κ1) is 11.9. The fourth-order valence-electron chi connectivity index (χ4n) is 4.29. The molecule has 0 radical (unpaired) electrons. The van der Waals surface area contributed by atoms with Crippen LogP contribution in [0.3, 0.4) is 0 Å². The Bertz CT molecular complexity index is 845. The lowest BCUT2D eigenvalue weighted by atomic mass is 9.82. The molecule has 0 amide bonds. The van der Waals surface area contributed by atoms with E-state index in [1.54, 1.807) is 12.3 Å². The van der Waals surface area contributed by atoms with Gasteiger partial charge in [-0.1, -0.05) is 33.8 Å². The molecule has 1 aromatic carbocycles. The van der Waals surface area contributed by atoms with Gasteiger partial charge in [-0.15, -0.1) is 0 Å². The van der Waals surface area contributed by atoms with Crippen LogP contribution in [0.15, 0.2) is 30.5 Å². The normalized spacial score (nSPS) is 20.9. The number of hydrogen-bond acceptors (Lipinski definition) is 0. The average Bonchev–Trinajstić information content (AvgIpc) is 2.62. The van der Waals surface area contributed by atoms with Gasteiger partial charge in [0.05, 0.1) is 0 Å². The van der Waals surface area contributed by atoms with Crippen molar-refractivity contribution in [2.45, 2.75) is 58.7 Å². The maximum Gasteiger partial charge on any atom is 0.212 e. The Morgan fingerprint density at radius 2 is 1.68 bits per heavy atom. The Morgan fingerprint density at radius 3 is 2.27 bits per heavy atom. The number of benzene rings is 1. The maximum absolute atomic E-state index is 7.60. The Kier molecular flexibility index (Phi) is 2.53. The third-order valence-corrected chi connectivity index (χ3v) is 5.12. The highest BCUT2D eigenvalue weighted by atomic mass is 14.9. The molecule has 22 heavy (non-hydrogen) atoms. The van der Waals surface area contributed by atoms with E-state index in [1.165, 1.54) is 22.3 Å². The summed E-state index contributed by atoms with van der Waals surface area (Å²) >= 11 is 0. The van der Waals surface area contributed by atoms with Crippen molar-refractivity contribution in [3.8, 4) is 11.3 Å². The molecule has 2 aromatic rings. The number of hydrogen-bond donors (Lipinski definition) is 0. The van der Waals surface area contributed by atoms with Crippen molar-refractivity contribution in [3.05, 3.63) is 52.7 Å². The second-order valence-electron chi connectivity index (χ2n) is 8.07. The van der Waals surface area contributed by atoms with Crippen molar-refractivity contribution in [1.29, 1.82) is 0 Å². The molecule has 116 valence electrons. The first-order valence-electron chi connectivity index (χ1n) is 9.49. The van der Waals surface area contributed by atoms with Crippen LogP contribution in [-0.2, 0) is 17.9 Å². The molecule has 1 nitrogen and oxygen atoms in total. The van der Waals surface area contributed by atoms with Crippen LogP contribution in [-0.4, -0.2) is 0 Å². The molecule has 0 N–H and O–H groups in total. The van der Waals surface area contributed by atoms with E-state index in [0.717, 1.165) is 12.1 Å². The maximum atomic E-state index is 7.60. The molecule has 1 aromatic heterocycles. The minimum Gasteiger partial charge on any atom is -0.201 e. The average molecular weight is 297 g/mol. The Hall–Kier alpha value is -1.63. The highest BCUT2D eigenvalue weighted by molar-refractivity contribution is 5.66. The van der Waals surface area contributed by atoms with Crippen LogP contribution in [0, 0.1) is 13.8 Å². The third-order valence-electron chi connectivity index (χ3n) is 5.12. The van der Waals surface area contributed by atoms with E-state index in [2.05, 4.69) is 46.8 Å². The molecule has 1 heterocycles. The molecule has 3 rings (SSSR count). The predicted octanol–water partition coefficient (Wildman–Crippen LogP) is 4.75. The number of aryl methyl sites for hydroxylation is 3. The summed E-state index contributed by atoms with van der Waals surface area (Å²) in [6.07, 6.45) is 2.87. The van der Waals surface area contributed by atoms with E-state index >= 15 is 0 Å². The molecule has 0 saturated carbocycles. The zero-order valence-electron chi connectivity index (χ0n) is 17.5. The summed E-state index contributed by atoms with van der Waals surface area (Å²) in [4.78, 5) is 0. The molecule has 0 saturated heterocycles. The van der Waals surface area contributed by atoms with Crippen LogP contribution in [0.1, 0.15) is 60.5 Å². The summed E-state index contributed by atoms with van der Waals surface area (Å²) in [6.45, 7) is 9.36. The van der Waals surface area contributed by atoms with Crippen molar-refractivity contribution < 1.29 is 8.68 Å². The molecule has 1 heteroatoms. The summed E-state index contributed by atoms with van der Waals surface area (Å²) in [7, 11) is 1.92. The molecule has 0 aliphatic heterocycles. The molecule has 0 unspecified atom stereocenters. The lowest BCUT2D eigenvalue weighted by molar-refractivity contribution is -0.660. The van der Waals surface area contributed by atoms with E-state index < -0.39 is 6.85 Å². The topological polar surface area (TPSA) is 3.88 Å². The van der Waals surface area contributed by atoms with E-state index in [9.17, 15) is 0 Å². The summed E-state index contributed by atoms with van der Waals surface area (Å²) in [5.41, 5.74) is 7.05. The molecule has 0 atom stereocenters. The van der Waals surface area contributed by atoms with E-state index in [-0.39, 0.29) is 10.8 Å². The number of nitrogens with zero attached hydrogens (tertiary/aromatic N) is 1. The quantitative estimate of drug-likeness (QED) is 0.669. The van der Waals surface area contributed by atoms with Crippen molar-refractivity contribution in [3.63, 3.8) is 0 Å². The molecule has 1 aliphatic carbocycles.